The maximum atomic E-state index is 5.44. The summed E-state index contributed by atoms with van der Waals surface area (Å²) < 4.78 is 16.1. The van der Waals surface area contributed by atoms with E-state index in [1.807, 2.05) is 37.3 Å². The van der Waals surface area contributed by atoms with Gasteiger partial charge in [-0.15, -0.1) is 0 Å². The highest BCUT2D eigenvalue weighted by Gasteiger charge is 2.07. The van der Waals surface area contributed by atoms with E-state index >= 15 is 0 Å². The molecule has 0 radical (unpaired) electrons. The molecular weight excluding hydrogens is 342 g/mol. The number of benzene rings is 2. The second kappa shape index (κ2) is 10.3. The van der Waals surface area contributed by atoms with Crippen molar-refractivity contribution in [3.63, 3.8) is 0 Å². The van der Waals surface area contributed by atoms with Crippen LogP contribution in [-0.2, 0) is 6.42 Å². The molecule has 0 spiro atoms. The molecule has 0 unspecified atom stereocenters. The van der Waals surface area contributed by atoms with Gasteiger partial charge in [-0.2, -0.15) is 0 Å². The molecule has 0 saturated carbocycles. The third-order valence-corrected chi connectivity index (χ3v) is 4.08. The predicted octanol–water partition coefficient (Wildman–Crippen LogP) is 3.64. The topological polar surface area (TPSA) is 64.1 Å². The average molecular weight is 371 g/mol. The van der Waals surface area contributed by atoms with Gasteiger partial charge in [0, 0.05) is 24.8 Å². The molecule has 0 atom stereocenters. The van der Waals surface area contributed by atoms with Crippen LogP contribution in [0.5, 0.6) is 17.2 Å². The zero-order valence-electron chi connectivity index (χ0n) is 16.8. The molecule has 0 amide bonds. The van der Waals surface area contributed by atoms with Crippen LogP contribution >= 0.6 is 0 Å². The number of methoxy groups -OCH3 is 3. The van der Waals surface area contributed by atoms with Crippen molar-refractivity contribution in [1.82, 2.24) is 5.32 Å². The molecule has 0 bridgehead atoms. The molecule has 0 aliphatic carbocycles. The summed E-state index contributed by atoms with van der Waals surface area (Å²) in [7, 11) is 4.94. The van der Waals surface area contributed by atoms with E-state index in [-0.39, 0.29) is 0 Å². The van der Waals surface area contributed by atoms with Crippen LogP contribution in [0.3, 0.4) is 0 Å². The number of rotatable bonds is 8. The lowest BCUT2D eigenvalue weighted by Crippen LogP contribution is -2.30. The summed E-state index contributed by atoms with van der Waals surface area (Å²) in [5.74, 6) is 2.98. The van der Waals surface area contributed by atoms with E-state index in [1.165, 1.54) is 5.56 Å². The van der Waals surface area contributed by atoms with Crippen molar-refractivity contribution in [2.24, 2.45) is 4.99 Å². The largest absolute Gasteiger partial charge is 0.496 e. The second-order valence-corrected chi connectivity index (χ2v) is 6.02. The van der Waals surface area contributed by atoms with Crippen LogP contribution in [0.25, 0.3) is 0 Å². The van der Waals surface area contributed by atoms with Crippen LogP contribution in [0.1, 0.15) is 18.1 Å². The van der Waals surface area contributed by atoms with Crippen LogP contribution in [0.15, 0.2) is 41.4 Å². The SMILES string of the molecule is CCNC(=NCCc1cc(C)ccc1OC)Nc1ccc(OC)c(OC)c1. The molecule has 0 aliphatic heterocycles. The number of ether oxygens (including phenoxy) is 3. The Morgan fingerprint density at radius 3 is 2.30 bits per heavy atom. The first kappa shape index (κ1) is 20.4. The molecule has 2 aromatic rings. The Morgan fingerprint density at radius 1 is 0.926 bits per heavy atom. The van der Waals surface area contributed by atoms with E-state index in [1.54, 1.807) is 21.3 Å². The summed E-state index contributed by atoms with van der Waals surface area (Å²) in [4.78, 5) is 4.67. The van der Waals surface area contributed by atoms with Gasteiger partial charge in [-0.05, 0) is 44.0 Å². The van der Waals surface area contributed by atoms with E-state index in [2.05, 4.69) is 28.6 Å². The number of nitrogens with one attached hydrogen (secondary N) is 2. The minimum Gasteiger partial charge on any atom is -0.496 e. The van der Waals surface area contributed by atoms with Gasteiger partial charge in [0.1, 0.15) is 5.75 Å². The van der Waals surface area contributed by atoms with Crippen LogP contribution in [0.2, 0.25) is 0 Å². The number of aryl methyl sites for hydroxylation is 1. The fraction of sp³-hybridized carbons (Fsp3) is 0.381. The summed E-state index contributed by atoms with van der Waals surface area (Å²) in [6.07, 6.45) is 0.799. The van der Waals surface area contributed by atoms with Gasteiger partial charge >= 0.3 is 0 Å². The molecule has 0 aliphatic rings. The van der Waals surface area contributed by atoms with E-state index in [0.29, 0.717) is 18.0 Å². The Bertz CT molecular complexity index is 775. The molecule has 2 aromatic carbocycles. The van der Waals surface area contributed by atoms with Crippen molar-refractivity contribution in [1.29, 1.82) is 0 Å². The maximum absolute atomic E-state index is 5.44. The molecular formula is C21H29N3O3. The van der Waals surface area contributed by atoms with Gasteiger partial charge in [0.05, 0.1) is 21.3 Å². The Balaban J connectivity index is 2.09. The third kappa shape index (κ3) is 5.81. The zero-order valence-corrected chi connectivity index (χ0v) is 16.8. The number of aliphatic imine (C=N–C) groups is 1. The minimum absolute atomic E-state index is 0.641. The van der Waals surface area contributed by atoms with E-state index in [9.17, 15) is 0 Å². The number of hydrogen-bond donors (Lipinski definition) is 2. The highest BCUT2D eigenvalue weighted by atomic mass is 16.5. The van der Waals surface area contributed by atoms with Gasteiger partial charge in [0.15, 0.2) is 17.5 Å². The van der Waals surface area contributed by atoms with Crippen LogP contribution in [0, 0.1) is 6.92 Å². The molecule has 0 saturated heterocycles. The maximum Gasteiger partial charge on any atom is 0.195 e. The zero-order chi connectivity index (χ0) is 19.6. The summed E-state index contributed by atoms with van der Waals surface area (Å²) in [6.45, 7) is 5.53. The van der Waals surface area contributed by atoms with E-state index in [0.717, 1.165) is 35.9 Å². The number of anilines is 1. The highest BCUT2D eigenvalue weighted by molar-refractivity contribution is 5.93. The number of guanidine groups is 1. The monoisotopic (exact) mass is 371 g/mol. The minimum atomic E-state index is 0.641. The molecule has 2 N–H and O–H groups in total. The van der Waals surface area contributed by atoms with Crippen molar-refractivity contribution >= 4 is 11.6 Å². The normalized spacial score (nSPS) is 11.1. The fourth-order valence-corrected chi connectivity index (χ4v) is 2.75. The van der Waals surface area contributed by atoms with Gasteiger partial charge in [0.25, 0.3) is 0 Å². The Kier molecular flexibility index (Phi) is 7.79. The Morgan fingerprint density at radius 2 is 1.63 bits per heavy atom. The lowest BCUT2D eigenvalue weighted by molar-refractivity contribution is 0.355. The van der Waals surface area contributed by atoms with Crippen molar-refractivity contribution in [2.45, 2.75) is 20.3 Å². The van der Waals surface area contributed by atoms with Gasteiger partial charge in [0.2, 0.25) is 0 Å². The van der Waals surface area contributed by atoms with Crippen molar-refractivity contribution < 1.29 is 14.2 Å². The van der Waals surface area contributed by atoms with Crippen LogP contribution < -0.4 is 24.8 Å². The summed E-state index contributed by atoms with van der Waals surface area (Å²) in [5, 5.41) is 6.56. The van der Waals surface area contributed by atoms with Gasteiger partial charge in [-0.3, -0.25) is 4.99 Å². The van der Waals surface area contributed by atoms with Crippen LogP contribution in [-0.4, -0.2) is 40.4 Å². The third-order valence-electron chi connectivity index (χ3n) is 4.08. The average Bonchev–Trinajstić information content (AvgIpc) is 2.68. The standard InChI is InChI=1S/C21H29N3O3/c1-6-22-21(24-17-8-10-19(26-4)20(14-17)27-5)23-12-11-16-13-15(2)7-9-18(16)25-3/h7-10,13-14H,6,11-12H2,1-5H3,(H2,22,23,24). The molecule has 6 nitrogen and oxygen atoms in total. The van der Waals surface area contributed by atoms with Crippen molar-refractivity contribution in [3.8, 4) is 17.2 Å². The Labute approximate surface area is 161 Å². The molecule has 2 rings (SSSR count). The lowest BCUT2D eigenvalue weighted by Gasteiger charge is -2.14. The Hall–Kier alpha value is -2.89. The fourth-order valence-electron chi connectivity index (χ4n) is 2.75. The van der Waals surface area contributed by atoms with E-state index < -0.39 is 0 Å². The molecule has 0 heterocycles. The highest BCUT2D eigenvalue weighted by Crippen LogP contribution is 2.29. The van der Waals surface area contributed by atoms with Crippen molar-refractivity contribution in [2.75, 3.05) is 39.7 Å². The smallest absolute Gasteiger partial charge is 0.195 e. The molecule has 27 heavy (non-hydrogen) atoms. The van der Waals surface area contributed by atoms with Gasteiger partial charge < -0.3 is 24.8 Å². The summed E-state index contributed by atoms with van der Waals surface area (Å²) >= 11 is 0. The first-order valence-corrected chi connectivity index (χ1v) is 9.02. The number of nitrogens with zero attached hydrogens (tertiary/aromatic N) is 1. The first-order valence-electron chi connectivity index (χ1n) is 9.02. The van der Waals surface area contributed by atoms with Gasteiger partial charge in [-0.25, -0.2) is 0 Å². The van der Waals surface area contributed by atoms with Crippen LogP contribution in [0.4, 0.5) is 5.69 Å². The molecule has 0 fully saturated rings. The summed E-state index contributed by atoms with van der Waals surface area (Å²) in [6, 6.07) is 11.9. The van der Waals surface area contributed by atoms with E-state index in [4.69, 9.17) is 14.2 Å². The predicted molar refractivity (Wildman–Crippen MR) is 111 cm³/mol. The second-order valence-electron chi connectivity index (χ2n) is 6.02. The number of hydrogen-bond acceptors (Lipinski definition) is 4. The molecule has 0 aromatic heterocycles. The lowest BCUT2D eigenvalue weighted by atomic mass is 10.1. The summed E-state index contributed by atoms with van der Waals surface area (Å²) in [5.41, 5.74) is 3.24. The quantitative estimate of drug-likeness (QED) is 0.548. The molecule has 6 heteroatoms. The first-order chi connectivity index (χ1) is 13.1. The molecule has 146 valence electrons. The van der Waals surface area contributed by atoms with Crippen molar-refractivity contribution in [3.05, 3.63) is 47.5 Å². The van der Waals surface area contributed by atoms with Gasteiger partial charge in [-0.1, -0.05) is 17.7 Å².